The number of anilines is 1. The number of nitrogens with one attached hydrogen (secondary N) is 1. The number of carbonyl (C=O) groups excluding carboxylic acids is 1. The first-order valence-corrected chi connectivity index (χ1v) is 7.15. The summed E-state index contributed by atoms with van der Waals surface area (Å²) >= 11 is 0. The molecule has 3 nitrogen and oxygen atoms in total. The molecule has 0 saturated heterocycles. The third-order valence-corrected chi connectivity index (χ3v) is 3.34. The van der Waals surface area contributed by atoms with Gasteiger partial charge in [0, 0.05) is 11.8 Å². The molecular weight excluding hydrogens is 272 g/mol. The predicted octanol–water partition coefficient (Wildman–Crippen LogP) is 3.93. The maximum atomic E-state index is 12.1. The number of aromatic nitrogens is 1. The van der Waals surface area contributed by atoms with Crippen LogP contribution in [0, 0.1) is 0 Å². The molecule has 3 aromatic rings. The van der Waals surface area contributed by atoms with Crippen LogP contribution >= 0.6 is 0 Å². The molecule has 0 aliphatic heterocycles. The smallest absolute Gasteiger partial charge is 0.228 e. The summed E-state index contributed by atoms with van der Waals surface area (Å²) in [5.41, 5.74) is 3.77. The first kappa shape index (κ1) is 14.0. The molecule has 0 saturated carbocycles. The van der Waals surface area contributed by atoms with Crippen LogP contribution in [0.4, 0.5) is 5.69 Å². The molecule has 1 heterocycles. The van der Waals surface area contributed by atoms with Crippen LogP contribution in [0.25, 0.3) is 11.1 Å². The van der Waals surface area contributed by atoms with E-state index in [2.05, 4.69) is 10.3 Å². The van der Waals surface area contributed by atoms with Crippen LogP contribution in [0.2, 0.25) is 0 Å². The van der Waals surface area contributed by atoms with Gasteiger partial charge in [0.25, 0.3) is 0 Å². The minimum absolute atomic E-state index is 0.0433. The highest BCUT2D eigenvalue weighted by Gasteiger charge is 2.05. The summed E-state index contributed by atoms with van der Waals surface area (Å²) in [4.78, 5) is 16.3. The zero-order valence-corrected chi connectivity index (χ0v) is 12.1. The third-order valence-electron chi connectivity index (χ3n) is 3.34. The van der Waals surface area contributed by atoms with E-state index in [-0.39, 0.29) is 5.91 Å². The second-order valence-corrected chi connectivity index (χ2v) is 5.04. The number of hydrogen-bond acceptors (Lipinski definition) is 2. The van der Waals surface area contributed by atoms with Crippen LogP contribution < -0.4 is 5.32 Å². The van der Waals surface area contributed by atoms with Gasteiger partial charge in [-0.2, -0.15) is 0 Å². The number of nitrogens with zero attached hydrogens (tertiary/aromatic N) is 1. The summed E-state index contributed by atoms with van der Waals surface area (Å²) in [5, 5.41) is 2.90. The summed E-state index contributed by atoms with van der Waals surface area (Å²) < 4.78 is 0. The normalized spacial score (nSPS) is 10.2. The minimum atomic E-state index is -0.0433. The first-order valence-electron chi connectivity index (χ1n) is 7.15. The molecular formula is C19H16N2O. The largest absolute Gasteiger partial charge is 0.324 e. The van der Waals surface area contributed by atoms with Crippen molar-refractivity contribution in [3.63, 3.8) is 0 Å². The highest BCUT2D eigenvalue weighted by molar-refractivity contribution is 5.92. The van der Waals surface area contributed by atoms with Crippen molar-refractivity contribution in [3.8, 4) is 11.1 Å². The van der Waals surface area contributed by atoms with Gasteiger partial charge in [0.2, 0.25) is 5.91 Å². The number of carbonyl (C=O) groups is 1. The van der Waals surface area contributed by atoms with Gasteiger partial charge in [-0.3, -0.25) is 9.78 Å². The molecule has 0 radical (unpaired) electrons. The van der Waals surface area contributed by atoms with E-state index < -0.39 is 0 Å². The van der Waals surface area contributed by atoms with Gasteiger partial charge in [-0.25, -0.2) is 0 Å². The monoisotopic (exact) mass is 288 g/mol. The van der Waals surface area contributed by atoms with Crippen molar-refractivity contribution in [2.24, 2.45) is 0 Å². The zero-order valence-electron chi connectivity index (χ0n) is 12.1. The Kier molecular flexibility index (Phi) is 4.25. The topological polar surface area (TPSA) is 42.0 Å². The van der Waals surface area contributed by atoms with Crippen molar-refractivity contribution in [2.45, 2.75) is 6.42 Å². The summed E-state index contributed by atoms with van der Waals surface area (Å²) in [6, 6.07) is 21.6. The first-order chi connectivity index (χ1) is 10.8. The van der Waals surface area contributed by atoms with E-state index in [9.17, 15) is 4.79 Å². The molecule has 0 bridgehead atoms. The summed E-state index contributed by atoms with van der Waals surface area (Å²) in [7, 11) is 0. The second-order valence-electron chi connectivity index (χ2n) is 5.04. The standard InChI is InChI=1S/C19H16N2O/c22-19(11-15-7-3-1-4-8-15)21-18-12-17(13-20-14-18)16-9-5-2-6-10-16/h1-10,12-14H,11H2,(H,21,22). The fourth-order valence-electron chi connectivity index (χ4n) is 2.28. The zero-order chi connectivity index (χ0) is 15.2. The van der Waals surface area contributed by atoms with Crippen LogP contribution in [-0.2, 0) is 11.2 Å². The van der Waals surface area contributed by atoms with Crippen molar-refractivity contribution in [1.82, 2.24) is 4.98 Å². The van der Waals surface area contributed by atoms with Gasteiger partial charge in [0.1, 0.15) is 0 Å². The van der Waals surface area contributed by atoms with Crippen LogP contribution in [0.15, 0.2) is 79.1 Å². The molecule has 108 valence electrons. The van der Waals surface area contributed by atoms with E-state index in [0.717, 1.165) is 16.7 Å². The quantitative estimate of drug-likeness (QED) is 0.790. The Bertz CT molecular complexity index is 755. The van der Waals surface area contributed by atoms with Crippen LogP contribution in [-0.4, -0.2) is 10.9 Å². The highest BCUT2D eigenvalue weighted by Crippen LogP contribution is 2.21. The molecule has 1 amide bonds. The molecule has 3 rings (SSSR count). The molecule has 0 atom stereocenters. The Balaban J connectivity index is 1.72. The van der Waals surface area contributed by atoms with E-state index in [1.807, 2.05) is 66.7 Å². The van der Waals surface area contributed by atoms with Gasteiger partial charge in [-0.1, -0.05) is 60.7 Å². The fraction of sp³-hybridized carbons (Fsp3) is 0.0526. The SMILES string of the molecule is O=C(Cc1ccccc1)Nc1cncc(-c2ccccc2)c1. The Morgan fingerprint density at radius 1 is 0.864 bits per heavy atom. The molecule has 1 N–H and O–H groups in total. The van der Waals surface area contributed by atoms with E-state index in [0.29, 0.717) is 12.1 Å². The highest BCUT2D eigenvalue weighted by atomic mass is 16.1. The average Bonchev–Trinajstić information content (AvgIpc) is 2.57. The number of pyridine rings is 1. The molecule has 1 aromatic heterocycles. The van der Waals surface area contributed by atoms with Crippen molar-refractivity contribution >= 4 is 11.6 Å². The van der Waals surface area contributed by atoms with Crippen molar-refractivity contribution in [3.05, 3.63) is 84.7 Å². The molecule has 22 heavy (non-hydrogen) atoms. The van der Waals surface area contributed by atoms with E-state index >= 15 is 0 Å². The fourth-order valence-corrected chi connectivity index (χ4v) is 2.28. The maximum absolute atomic E-state index is 12.1. The third kappa shape index (κ3) is 3.58. The Morgan fingerprint density at radius 3 is 2.27 bits per heavy atom. The number of hydrogen-bond donors (Lipinski definition) is 1. The average molecular weight is 288 g/mol. The van der Waals surface area contributed by atoms with E-state index in [1.165, 1.54) is 0 Å². The minimum Gasteiger partial charge on any atom is -0.324 e. The summed E-state index contributed by atoms with van der Waals surface area (Å²) in [5.74, 6) is -0.0433. The predicted molar refractivity (Wildman–Crippen MR) is 88.4 cm³/mol. The lowest BCUT2D eigenvalue weighted by molar-refractivity contribution is -0.115. The van der Waals surface area contributed by atoms with Crippen molar-refractivity contribution < 1.29 is 4.79 Å². The van der Waals surface area contributed by atoms with Crippen LogP contribution in [0.5, 0.6) is 0 Å². The van der Waals surface area contributed by atoms with Gasteiger partial charge in [-0.05, 0) is 17.2 Å². The van der Waals surface area contributed by atoms with Gasteiger partial charge >= 0.3 is 0 Å². The van der Waals surface area contributed by atoms with Crippen molar-refractivity contribution in [2.75, 3.05) is 5.32 Å². The van der Waals surface area contributed by atoms with E-state index in [4.69, 9.17) is 0 Å². The summed E-state index contributed by atoms with van der Waals surface area (Å²) in [6.07, 6.45) is 3.81. The lowest BCUT2D eigenvalue weighted by Crippen LogP contribution is -2.14. The number of benzene rings is 2. The molecule has 0 aliphatic carbocycles. The van der Waals surface area contributed by atoms with Gasteiger partial charge in [-0.15, -0.1) is 0 Å². The van der Waals surface area contributed by atoms with Gasteiger partial charge in [0.15, 0.2) is 0 Å². The molecule has 0 aliphatic rings. The summed E-state index contributed by atoms with van der Waals surface area (Å²) in [6.45, 7) is 0. The molecule has 3 heteroatoms. The van der Waals surface area contributed by atoms with Gasteiger partial charge in [0.05, 0.1) is 18.3 Å². The maximum Gasteiger partial charge on any atom is 0.228 e. The molecule has 2 aromatic carbocycles. The van der Waals surface area contributed by atoms with Gasteiger partial charge < -0.3 is 5.32 Å². The lowest BCUT2D eigenvalue weighted by Gasteiger charge is -2.07. The Morgan fingerprint density at radius 2 is 1.55 bits per heavy atom. The second kappa shape index (κ2) is 6.68. The van der Waals surface area contributed by atoms with Crippen LogP contribution in [0.1, 0.15) is 5.56 Å². The Hall–Kier alpha value is -2.94. The molecule has 0 spiro atoms. The lowest BCUT2D eigenvalue weighted by atomic mass is 10.1. The molecule has 0 unspecified atom stereocenters. The molecule has 0 fully saturated rings. The Labute approximate surface area is 129 Å². The van der Waals surface area contributed by atoms with E-state index in [1.54, 1.807) is 12.4 Å². The van der Waals surface area contributed by atoms with Crippen LogP contribution in [0.3, 0.4) is 0 Å². The number of amides is 1. The number of rotatable bonds is 4. The van der Waals surface area contributed by atoms with Crippen molar-refractivity contribution in [1.29, 1.82) is 0 Å².